The van der Waals surface area contributed by atoms with Crippen molar-refractivity contribution in [3.63, 3.8) is 0 Å². The highest BCUT2D eigenvalue weighted by molar-refractivity contribution is 7.92. The van der Waals surface area contributed by atoms with E-state index in [-0.39, 0.29) is 22.8 Å². The van der Waals surface area contributed by atoms with Gasteiger partial charge in [-0.25, -0.2) is 18.0 Å². The third-order valence-corrected chi connectivity index (χ3v) is 4.94. The van der Waals surface area contributed by atoms with Crippen LogP contribution in [0, 0.1) is 0 Å². The van der Waals surface area contributed by atoms with Crippen LogP contribution < -0.4 is 4.72 Å². The molecule has 1 aliphatic heterocycles. The molecule has 0 saturated carbocycles. The van der Waals surface area contributed by atoms with Gasteiger partial charge in [0.15, 0.2) is 0 Å². The molecular formula is C17H15NO6S. The Kier molecular flexibility index (Phi) is 4.71. The monoisotopic (exact) mass is 361 g/mol. The van der Waals surface area contributed by atoms with E-state index in [4.69, 9.17) is 9.47 Å². The van der Waals surface area contributed by atoms with Crippen molar-refractivity contribution in [2.45, 2.75) is 17.4 Å². The molecule has 1 aliphatic rings. The number of hydrogen-bond acceptors (Lipinski definition) is 6. The summed E-state index contributed by atoms with van der Waals surface area (Å²) in [6.45, 7) is 0.216. The zero-order chi connectivity index (χ0) is 17.9. The molecule has 1 fully saturated rings. The predicted molar refractivity (Wildman–Crippen MR) is 88.5 cm³/mol. The van der Waals surface area contributed by atoms with Gasteiger partial charge >= 0.3 is 11.9 Å². The summed E-state index contributed by atoms with van der Waals surface area (Å²) in [7, 11) is -3.76. The van der Waals surface area contributed by atoms with Crippen LogP contribution in [0.5, 0.6) is 0 Å². The predicted octanol–water partition coefficient (Wildman–Crippen LogP) is 1.96. The molecule has 130 valence electrons. The highest BCUT2D eigenvalue weighted by Gasteiger charge is 2.30. The number of hydrogen-bond donors (Lipinski definition) is 1. The van der Waals surface area contributed by atoms with E-state index in [1.54, 1.807) is 18.2 Å². The minimum atomic E-state index is -3.76. The van der Waals surface area contributed by atoms with Crippen LogP contribution in [-0.2, 0) is 24.3 Å². The van der Waals surface area contributed by atoms with E-state index >= 15 is 0 Å². The lowest BCUT2D eigenvalue weighted by molar-refractivity contribution is -0.145. The van der Waals surface area contributed by atoms with Gasteiger partial charge in [-0.1, -0.05) is 24.3 Å². The maximum absolute atomic E-state index is 12.3. The molecule has 0 spiro atoms. The summed E-state index contributed by atoms with van der Waals surface area (Å²) in [6.07, 6.45) is -0.609. The van der Waals surface area contributed by atoms with E-state index in [2.05, 4.69) is 4.72 Å². The molecule has 25 heavy (non-hydrogen) atoms. The van der Waals surface area contributed by atoms with Crippen molar-refractivity contribution >= 4 is 27.6 Å². The number of nitrogens with one attached hydrogen (secondary N) is 1. The number of carbonyl (C=O) groups excluding carboxylic acids is 2. The molecule has 0 unspecified atom stereocenters. The molecule has 1 N–H and O–H groups in total. The molecule has 0 bridgehead atoms. The van der Waals surface area contributed by atoms with E-state index in [1.807, 2.05) is 0 Å². The van der Waals surface area contributed by atoms with Crippen LogP contribution in [0.4, 0.5) is 5.69 Å². The molecular weight excluding hydrogens is 346 g/mol. The van der Waals surface area contributed by atoms with Gasteiger partial charge in [-0.3, -0.25) is 4.72 Å². The fourth-order valence-corrected chi connectivity index (χ4v) is 3.38. The molecule has 0 radical (unpaired) electrons. The van der Waals surface area contributed by atoms with Crippen molar-refractivity contribution in [1.29, 1.82) is 0 Å². The summed E-state index contributed by atoms with van der Waals surface area (Å²) < 4.78 is 36.9. The van der Waals surface area contributed by atoms with Gasteiger partial charge in [-0.05, 0) is 30.3 Å². The summed E-state index contributed by atoms with van der Waals surface area (Å²) >= 11 is 0. The Balaban J connectivity index is 1.75. The molecule has 2 aromatic carbocycles. The normalized spacial score (nSPS) is 17.0. The van der Waals surface area contributed by atoms with Crippen LogP contribution in [0.25, 0.3) is 0 Å². The van der Waals surface area contributed by atoms with Gasteiger partial charge in [-0.2, -0.15) is 0 Å². The first-order valence-electron chi connectivity index (χ1n) is 7.51. The van der Waals surface area contributed by atoms with Gasteiger partial charge in [0, 0.05) is 12.1 Å². The number of carbonyl (C=O) groups is 2. The number of esters is 2. The smallest absolute Gasteiger partial charge is 0.347 e. The lowest BCUT2D eigenvalue weighted by atomic mass is 10.2. The fourth-order valence-electron chi connectivity index (χ4n) is 2.31. The van der Waals surface area contributed by atoms with E-state index in [1.165, 1.54) is 36.4 Å². The minimum absolute atomic E-state index is 0.108. The number of sulfonamides is 1. The Labute approximate surface area is 144 Å². The van der Waals surface area contributed by atoms with Crippen molar-refractivity contribution in [3.05, 3.63) is 60.2 Å². The van der Waals surface area contributed by atoms with Crippen molar-refractivity contribution in [1.82, 2.24) is 0 Å². The van der Waals surface area contributed by atoms with Gasteiger partial charge in [0.25, 0.3) is 10.0 Å². The van der Waals surface area contributed by atoms with Crippen LogP contribution >= 0.6 is 0 Å². The lowest BCUT2D eigenvalue weighted by Gasteiger charge is -2.11. The maximum atomic E-state index is 12.3. The maximum Gasteiger partial charge on any atom is 0.347 e. The second-order valence-corrected chi connectivity index (χ2v) is 7.03. The SMILES string of the molecule is O=C(O[C@@H]1CCOC1=O)c1cccc(NS(=O)(=O)c2ccccc2)c1. The molecule has 0 amide bonds. The Morgan fingerprint density at radius 3 is 2.56 bits per heavy atom. The first kappa shape index (κ1) is 17.0. The Morgan fingerprint density at radius 1 is 1.12 bits per heavy atom. The molecule has 1 saturated heterocycles. The summed E-state index contributed by atoms with van der Waals surface area (Å²) in [6, 6.07) is 13.7. The fraction of sp³-hybridized carbons (Fsp3) is 0.176. The zero-order valence-electron chi connectivity index (χ0n) is 13.0. The third kappa shape index (κ3) is 3.97. The second-order valence-electron chi connectivity index (χ2n) is 5.35. The number of benzene rings is 2. The summed E-state index contributed by atoms with van der Waals surface area (Å²) in [5.74, 6) is -1.29. The Morgan fingerprint density at radius 2 is 1.88 bits per heavy atom. The van der Waals surface area contributed by atoms with E-state index in [9.17, 15) is 18.0 Å². The molecule has 2 aromatic rings. The molecule has 0 aliphatic carbocycles. The van der Waals surface area contributed by atoms with Gasteiger partial charge in [0.05, 0.1) is 17.1 Å². The van der Waals surface area contributed by atoms with Gasteiger partial charge in [-0.15, -0.1) is 0 Å². The molecule has 3 rings (SSSR count). The Bertz CT molecular complexity index is 894. The largest absolute Gasteiger partial charge is 0.463 e. The van der Waals surface area contributed by atoms with E-state index in [0.717, 1.165) is 0 Å². The van der Waals surface area contributed by atoms with Gasteiger partial charge in [0.1, 0.15) is 0 Å². The van der Waals surface area contributed by atoms with E-state index < -0.39 is 28.1 Å². The Hall–Kier alpha value is -2.87. The van der Waals surface area contributed by atoms with E-state index in [0.29, 0.717) is 6.42 Å². The summed E-state index contributed by atoms with van der Waals surface area (Å²) in [5, 5.41) is 0. The lowest BCUT2D eigenvalue weighted by Crippen LogP contribution is -2.22. The zero-order valence-corrected chi connectivity index (χ0v) is 13.9. The van der Waals surface area contributed by atoms with Gasteiger partial charge < -0.3 is 9.47 Å². The van der Waals surface area contributed by atoms with Crippen molar-refractivity contribution in [3.8, 4) is 0 Å². The van der Waals surface area contributed by atoms with Crippen LogP contribution in [0.1, 0.15) is 16.8 Å². The summed E-state index contributed by atoms with van der Waals surface area (Å²) in [5.41, 5.74) is 0.347. The number of ether oxygens (including phenoxy) is 2. The molecule has 7 nitrogen and oxygen atoms in total. The highest BCUT2D eigenvalue weighted by Crippen LogP contribution is 2.19. The molecule has 8 heteroatoms. The molecule has 1 heterocycles. The van der Waals surface area contributed by atoms with Crippen LogP contribution in [0.2, 0.25) is 0 Å². The number of cyclic esters (lactones) is 1. The average Bonchev–Trinajstić information content (AvgIpc) is 3.00. The van der Waals surface area contributed by atoms with Crippen LogP contribution in [-0.4, -0.2) is 33.1 Å². The topological polar surface area (TPSA) is 98.8 Å². The summed E-state index contributed by atoms with van der Waals surface area (Å²) in [4.78, 5) is 23.6. The quantitative estimate of drug-likeness (QED) is 0.818. The second kappa shape index (κ2) is 6.94. The van der Waals surface area contributed by atoms with Crippen molar-refractivity contribution in [2.24, 2.45) is 0 Å². The average molecular weight is 361 g/mol. The third-order valence-electron chi connectivity index (χ3n) is 3.54. The van der Waals surface area contributed by atoms with Crippen LogP contribution in [0.15, 0.2) is 59.5 Å². The highest BCUT2D eigenvalue weighted by atomic mass is 32.2. The number of anilines is 1. The molecule has 1 atom stereocenters. The van der Waals surface area contributed by atoms with Crippen LogP contribution in [0.3, 0.4) is 0 Å². The number of rotatable bonds is 5. The standard InChI is InChI=1S/C17H15NO6S/c19-16(24-15-9-10-23-17(15)20)12-5-4-6-13(11-12)18-25(21,22)14-7-2-1-3-8-14/h1-8,11,15,18H,9-10H2/t15-/m1/s1. The first-order chi connectivity index (χ1) is 12.0. The minimum Gasteiger partial charge on any atom is -0.463 e. The van der Waals surface area contributed by atoms with Crippen molar-refractivity contribution < 1.29 is 27.5 Å². The van der Waals surface area contributed by atoms with Crippen molar-refractivity contribution in [2.75, 3.05) is 11.3 Å². The molecule has 0 aromatic heterocycles. The first-order valence-corrected chi connectivity index (χ1v) is 8.99. The van der Waals surface area contributed by atoms with Gasteiger partial charge in [0.2, 0.25) is 6.10 Å².